The van der Waals surface area contributed by atoms with Gasteiger partial charge in [-0.1, -0.05) is 20.3 Å². The highest BCUT2D eigenvalue weighted by Gasteiger charge is 2.07. The van der Waals surface area contributed by atoms with E-state index in [0.29, 0.717) is 19.4 Å². The van der Waals surface area contributed by atoms with Crippen molar-refractivity contribution in [2.24, 2.45) is 5.73 Å². The molecule has 1 atom stereocenters. The third kappa shape index (κ3) is 8.35. The minimum absolute atomic E-state index is 0.0947. The molecule has 0 fully saturated rings. The molecule has 0 saturated heterocycles. The van der Waals surface area contributed by atoms with Gasteiger partial charge in [-0.3, -0.25) is 9.63 Å². The van der Waals surface area contributed by atoms with Gasteiger partial charge in [0.05, 0.1) is 6.10 Å². The molecule has 3 N–H and O–H groups in total. The van der Waals surface area contributed by atoms with Gasteiger partial charge >= 0.3 is 5.97 Å². The van der Waals surface area contributed by atoms with Crippen LogP contribution in [0.25, 0.3) is 0 Å². The Morgan fingerprint density at radius 2 is 2.20 bits per heavy atom. The van der Waals surface area contributed by atoms with Crippen LogP contribution in [-0.2, 0) is 14.5 Å². The van der Waals surface area contributed by atoms with Gasteiger partial charge in [0, 0.05) is 6.42 Å². The molecule has 5 nitrogen and oxygen atoms in total. The molecule has 0 bridgehead atoms. The van der Waals surface area contributed by atoms with E-state index < -0.39 is 0 Å². The number of hydrogen-bond donors (Lipinski definition) is 2. The molecule has 0 aliphatic heterocycles. The Balaban J connectivity index is 3.45. The van der Waals surface area contributed by atoms with Crippen LogP contribution < -0.4 is 11.4 Å². The normalized spacial score (nSPS) is 12.5. The fraction of sp³-hybridized carbons (Fsp3) is 0.900. The highest BCUT2D eigenvalue weighted by atomic mass is 16.9. The highest BCUT2D eigenvalue weighted by molar-refractivity contribution is 5.68. The van der Waals surface area contributed by atoms with E-state index in [4.69, 9.17) is 10.6 Å². The third-order valence-electron chi connectivity index (χ3n) is 2.02. The first-order chi connectivity index (χ1) is 7.24. The van der Waals surface area contributed by atoms with Crippen LogP contribution in [0.15, 0.2) is 0 Å². The van der Waals surface area contributed by atoms with E-state index in [1.807, 2.05) is 6.92 Å². The van der Waals surface area contributed by atoms with Crippen LogP contribution in [0.3, 0.4) is 0 Å². The molecule has 0 spiro atoms. The van der Waals surface area contributed by atoms with Gasteiger partial charge in [0.2, 0.25) is 0 Å². The SMILES string of the molecule is CCCC(CC)ONOC(=O)CCCN. The van der Waals surface area contributed by atoms with Gasteiger partial charge in [-0.15, -0.1) is 0 Å². The number of nitrogens with two attached hydrogens (primary N) is 1. The van der Waals surface area contributed by atoms with Crippen molar-refractivity contribution in [2.45, 2.75) is 52.1 Å². The van der Waals surface area contributed by atoms with Gasteiger partial charge in [0.15, 0.2) is 0 Å². The Bertz CT molecular complexity index is 165. The Kier molecular flexibility index (Phi) is 9.46. The van der Waals surface area contributed by atoms with E-state index in [1.54, 1.807) is 0 Å². The molecule has 0 aromatic carbocycles. The molecule has 0 aromatic rings. The average molecular weight is 218 g/mol. The smallest absolute Gasteiger partial charge is 0.327 e. The van der Waals surface area contributed by atoms with Gasteiger partial charge in [-0.2, -0.15) is 0 Å². The summed E-state index contributed by atoms with van der Waals surface area (Å²) in [5.41, 5.74) is 7.49. The first-order valence-corrected chi connectivity index (χ1v) is 5.54. The summed E-state index contributed by atoms with van der Waals surface area (Å²) in [7, 11) is 0. The van der Waals surface area contributed by atoms with Crippen LogP contribution in [0.2, 0.25) is 0 Å². The molecule has 1 unspecified atom stereocenters. The van der Waals surface area contributed by atoms with Gasteiger partial charge in [0.1, 0.15) is 0 Å². The summed E-state index contributed by atoms with van der Waals surface area (Å²) in [5, 5.41) is 0. The van der Waals surface area contributed by atoms with Crippen molar-refractivity contribution in [1.82, 2.24) is 5.64 Å². The van der Waals surface area contributed by atoms with E-state index in [2.05, 4.69) is 17.4 Å². The number of carbonyl (C=O) groups excluding carboxylic acids is 1. The van der Waals surface area contributed by atoms with Gasteiger partial charge < -0.3 is 10.6 Å². The van der Waals surface area contributed by atoms with Crippen LogP contribution in [0.1, 0.15) is 46.0 Å². The lowest BCUT2D eigenvalue weighted by Gasteiger charge is -2.14. The Morgan fingerprint density at radius 1 is 1.47 bits per heavy atom. The topological polar surface area (TPSA) is 73.6 Å². The maximum Gasteiger partial charge on any atom is 0.327 e. The predicted octanol–water partition coefficient (Wildman–Crippen LogP) is 1.28. The molecule has 5 heteroatoms. The fourth-order valence-electron chi connectivity index (χ4n) is 1.10. The number of rotatable bonds is 9. The van der Waals surface area contributed by atoms with E-state index in [-0.39, 0.29) is 12.1 Å². The molecular formula is C10H22N2O3. The zero-order valence-corrected chi connectivity index (χ0v) is 9.62. The zero-order valence-electron chi connectivity index (χ0n) is 9.62. The molecule has 0 aromatic heterocycles. The first-order valence-electron chi connectivity index (χ1n) is 5.54. The third-order valence-corrected chi connectivity index (χ3v) is 2.02. The molecule has 0 radical (unpaired) electrons. The van der Waals surface area contributed by atoms with E-state index in [0.717, 1.165) is 19.3 Å². The summed E-state index contributed by atoms with van der Waals surface area (Å²) in [4.78, 5) is 20.8. The molecule has 0 aliphatic rings. The maximum absolute atomic E-state index is 11.0. The molecular weight excluding hydrogens is 196 g/mol. The van der Waals surface area contributed by atoms with Crippen molar-refractivity contribution < 1.29 is 14.5 Å². The van der Waals surface area contributed by atoms with Crippen molar-refractivity contribution in [2.75, 3.05) is 6.54 Å². The second-order valence-electron chi connectivity index (χ2n) is 3.39. The largest absolute Gasteiger partial charge is 0.345 e. The number of carbonyl (C=O) groups is 1. The quantitative estimate of drug-likeness (QED) is 0.570. The first kappa shape index (κ1) is 14.3. The summed E-state index contributed by atoms with van der Waals surface area (Å²) < 4.78 is 0. The summed E-state index contributed by atoms with van der Waals surface area (Å²) in [6.07, 6.45) is 3.92. The predicted molar refractivity (Wildman–Crippen MR) is 57.6 cm³/mol. The van der Waals surface area contributed by atoms with Crippen molar-refractivity contribution in [3.63, 3.8) is 0 Å². The Labute approximate surface area is 91.2 Å². The molecule has 0 aliphatic carbocycles. The molecule has 90 valence electrons. The monoisotopic (exact) mass is 218 g/mol. The van der Waals surface area contributed by atoms with Crippen LogP contribution >= 0.6 is 0 Å². The standard InChI is InChI=1S/C10H22N2O3/c1-3-6-9(4-2)14-12-15-10(13)7-5-8-11/h9,12H,3-8,11H2,1-2H3. The zero-order chi connectivity index (χ0) is 11.5. The summed E-state index contributed by atoms with van der Waals surface area (Å²) in [6, 6.07) is 0. The van der Waals surface area contributed by atoms with Gasteiger partial charge in [0.25, 0.3) is 0 Å². The van der Waals surface area contributed by atoms with Crippen LogP contribution in [0, 0.1) is 0 Å². The van der Waals surface area contributed by atoms with Crippen LogP contribution in [0.5, 0.6) is 0 Å². The van der Waals surface area contributed by atoms with Crippen LogP contribution in [0.4, 0.5) is 0 Å². The molecule has 0 heterocycles. The Morgan fingerprint density at radius 3 is 2.73 bits per heavy atom. The van der Waals surface area contributed by atoms with E-state index in [1.165, 1.54) is 0 Å². The molecule has 0 amide bonds. The average Bonchev–Trinajstić information content (AvgIpc) is 2.25. The van der Waals surface area contributed by atoms with Gasteiger partial charge in [-0.05, 0) is 31.5 Å². The summed E-state index contributed by atoms with van der Waals surface area (Å²) in [5.74, 6) is -0.341. The summed E-state index contributed by atoms with van der Waals surface area (Å²) in [6.45, 7) is 4.60. The Hall–Kier alpha value is -0.650. The molecule has 0 saturated carbocycles. The van der Waals surface area contributed by atoms with Crippen molar-refractivity contribution in [3.05, 3.63) is 0 Å². The number of nitrogens with one attached hydrogen (secondary N) is 1. The fourth-order valence-corrected chi connectivity index (χ4v) is 1.10. The summed E-state index contributed by atoms with van der Waals surface area (Å²) >= 11 is 0. The second-order valence-corrected chi connectivity index (χ2v) is 3.39. The minimum Gasteiger partial charge on any atom is -0.345 e. The van der Waals surface area contributed by atoms with Crippen molar-refractivity contribution in [3.8, 4) is 0 Å². The van der Waals surface area contributed by atoms with Crippen molar-refractivity contribution >= 4 is 5.97 Å². The molecule has 0 rings (SSSR count). The lowest BCUT2D eigenvalue weighted by atomic mass is 10.2. The lowest BCUT2D eigenvalue weighted by Crippen LogP contribution is -2.26. The van der Waals surface area contributed by atoms with E-state index >= 15 is 0 Å². The van der Waals surface area contributed by atoms with Crippen molar-refractivity contribution in [1.29, 1.82) is 0 Å². The maximum atomic E-state index is 11.0. The van der Waals surface area contributed by atoms with E-state index in [9.17, 15) is 4.79 Å². The molecule has 15 heavy (non-hydrogen) atoms. The lowest BCUT2D eigenvalue weighted by molar-refractivity contribution is -0.207. The van der Waals surface area contributed by atoms with Crippen LogP contribution in [-0.4, -0.2) is 18.6 Å². The van der Waals surface area contributed by atoms with Gasteiger partial charge in [-0.25, -0.2) is 0 Å². The second kappa shape index (κ2) is 9.89. The number of hydrogen-bond acceptors (Lipinski definition) is 5. The highest BCUT2D eigenvalue weighted by Crippen LogP contribution is 2.04. The minimum atomic E-state index is -0.341.